The second-order valence-corrected chi connectivity index (χ2v) is 9.28. The zero-order valence-electron chi connectivity index (χ0n) is 17.3. The van der Waals surface area contributed by atoms with E-state index >= 15 is 0 Å². The van der Waals surface area contributed by atoms with Crippen LogP contribution in [0, 0.1) is 5.41 Å². The highest BCUT2D eigenvalue weighted by Gasteiger charge is 2.34. The molecule has 1 saturated heterocycles. The van der Waals surface area contributed by atoms with Crippen LogP contribution < -0.4 is 4.74 Å². The Labute approximate surface area is 161 Å². The van der Waals surface area contributed by atoms with Crippen molar-refractivity contribution in [3.05, 3.63) is 24.4 Å². The first kappa shape index (κ1) is 19.5. The average Bonchev–Trinajstić information content (AvgIpc) is 2.82. The largest absolute Gasteiger partial charge is 0.486 e. The van der Waals surface area contributed by atoms with Gasteiger partial charge in [0.25, 0.3) is 0 Å². The van der Waals surface area contributed by atoms with Gasteiger partial charge in [0.05, 0.1) is 6.54 Å². The van der Waals surface area contributed by atoms with E-state index in [0.29, 0.717) is 13.1 Å². The molecule has 1 fully saturated rings. The maximum atomic E-state index is 12.6. The molecule has 2 aromatic rings. The summed E-state index contributed by atoms with van der Waals surface area (Å²) in [5.74, 6) is 0.764. The summed E-state index contributed by atoms with van der Waals surface area (Å²) in [6, 6.07) is 5.96. The molecule has 3 rings (SSSR count). The fourth-order valence-electron chi connectivity index (χ4n) is 3.54. The molecule has 2 heterocycles. The van der Waals surface area contributed by atoms with E-state index < -0.39 is 5.60 Å². The number of carbonyl (C=O) groups excluding carboxylic acids is 1. The van der Waals surface area contributed by atoms with Crippen LogP contribution in [0.5, 0.6) is 5.75 Å². The number of likely N-dealkylation sites (tertiary alicyclic amines) is 1. The Bertz CT molecular complexity index is 820. The Hall–Kier alpha value is -2.24. The summed E-state index contributed by atoms with van der Waals surface area (Å²) in [6.07, 6.45) is 3.38. The molecule has 27 heavy (non-hydrogen) atoms. The highest BCUT2D eigenvalue weighted by atomic mass is 16.6. The molecule has 0 saturated carbocycles. The van der Waals surface area contributed by atoms with E-state index in [0.717, 1.165) is 29.5 Å². The average molecular weight is 373 g/mol. The lowest BCUT2D eigenvalue weighted by molar-refractivity contribution is 0.0193. The third kappa shape index (κ3) is 4.93. The lowest BCUT2D eigenvalue weighted by Gasteiger charge is -2.28. The van der Waals surface area contributed by atoms with Crippen molar-refractivity contribution in [2.75, 3.05) is 13.1 Å². The third-order valence-corrected chi connectivity index (χ3v) is 4.82. The van der Waals surface area contributed by atoms with Gasteiger partial charge in [-0.3, -0.25) is 4.68 Å². The number of carbonyl (C=O) groups is 1. The molecule has 0 radical (unpaired) electrons. The molecule has 1 aromatic heterocycles. The second kappa shape index (κ2) is 7.06. The van der Waals surface area contributed by atoms with Gasteiger partial charge in [-0.1, -0.05) is 26.0 Å². The van der Waals surface area contributed by atoms with Crippen molar-refractivity contribution in [1.29, 1.82) is 0 Å². The van der Waals surface area contributed by atoms with Gasteiger partial charge in [0.1, 0.15) is 23.0 Å². The normalized spacial score (nSPS) is 20.4. The molecule has 1 amide bonds. The summed E-state index contributed by atoms with van der Waals surface area (Å²) in [5, 5.41) is 5.58. The number of fused-ring (bicyclic) bond motifs is 1. The summed E-state index contributed by atoms with van der Waals surface area (Å²) in [5.41, 5.74) is 0.430. The summed E-state index contributed by atoms with van der Waals surface area (Å²) in [4.78, 5) is 14.4. The van der Waals surface area contributed by atoms with E-state index in [2.05, 4.69) is 18.9 Å². The molecule has 1 aliphatic rings. The Morgan fingerprint density at radius 1 is 1.30 bits per heavy atom. The first-order chi connectivity index (χ1) is 12.5. The van der Waals surface area contributed by atoms with Gasteiger partial charge in [-0.2, -0.15) is 5.10 Å². The fraction of sp³-hybridized carbons (Fsp3) is 0.619. The molecule has 0 N–H and O–H groups in total. The minimum Gasteiger partial charge on any atom is -0.486 e. The molecular weight excluding hydrogens is 342 g/mol. The van der Waals surface area contributed by atoms with Crippen molar-refractivity contribution in [1.82, 2.24) is 14.7 Å². The Kier molecular flexibility index (Phi) is 5.10. The first-order valence-corrected chi connectivity index (χ1v) is 9.59. The van der Waals surface area contributed by atoms with Crippen molar-refractivity contribution in [3.63, 3.8) is 0 Å². The van der Waals surface area contributed by atoms with E-state index in [1.807, 2.05) is 52.2 Å². The molecule has 0 aliphatic carbocycles. The lowest BCUT2D eigenvalue weighted by atomic mass is 9.84. The number of amides is 1. The SMILES string of the molecule is Cn1cc2cccc(OC3CN(C(=O)OC(C)(C)C)CCC(C)(C)C3)c2n1. The number of rotatable bonds is 2. The number of ether oxygens (including phenoxy) is 2. The van der Waals surface area contributed by atoms with E-state index in [4.69, 9.17) is 9.47 Å². The summed E-state index contributed by atoms with van der Waals surface area (Å²) in [7, 11) is 1.91. The van der Waals surface area contributed by atoms with Crippen LogP contribution >= 0.6 is 0 Å². The van der Waals surface area contributed by atoms with Crippen molar-refractivity contribution in [2.24, 2.45) is 12.5 Å². The molecule has 148 valence electrons. The second-order valence-electron chi connectivity index (χ2n) is 9.28. The number of hydrogen-bond acceptors (Lipinski definition) is 4. The zero-order valence-corrected chi connectivity index (χ0v) is 17.3. The highest BCUT2D eigenvalue weighted by molar-refractivity contribution is 5.84. The summed E-state index contributed by atoms with van der Waals surface area (Å²) >= 11 is 0. The summed E-state index contributed by atoms with van der Waals surface area (Å²) < 4.78 is 13.8. The predicted octanol–water partition coefficient (Wildman–Crippen LogP) is 4.38. The highest BCUT2D eigenvalue weighted by Crippen LogP contribution is 2.34. The van der Waals surface area contributed by atoms with Gasteiger partial charge < -0.3 is 14.4 Å². The van der Waals surface area contributed by atoms with Crippen molar-refractivity contribution in [3.8, 4) is 5.75 Å². The van der Waals surface area contributed by atoms with E-state index in [9.17, 15) is 4.79 Å². The van der Waals surface area contributed by atoms with Crippen LogP contribution in [0.3, 0.4) is 0 Å². The van der Waals surface area contributed by atoms with Crippen molar-refractivity contribution < 1.29 is 14.3 Å². The minimum atomic E-state index is -0.505. The lowest BCUT2D eigenvalue weighted by Crippen LogP contribution is -2.41. The predicted molar refractivity (Wildman–Crippen MR) is 106 cm³/mol. The van der Waals surface area contributed by atoms with Crippen LogP contribution in [0.1, 0.15) is 47.5 Å². The molecular formula is C21H31N3O3. The van der Waals surface area contributed by atoms with Gasteiger partial charge in [-0.25, -0.2) is 4.79 Å². The number of nitrogens with zero attached hydrogens (tertiary/aromatic N) is 3. The van der Waals surface area contributed by atoms with E-state index in [1.54, 1.807) is 9.58 Å². The zero-order chi connectivity index (χ0) is 19.8. The van der Waals surface area contributed by atoms with Crippen LogP contribution in [0.4, 0.5) is 4.79 Å². The summed E-state index contributed by atoms with van der Waals surface area (Å²) in [6.45, 7) is 11.3. The molecule has 1 aliphatic heterocycles. The molecule has 6 nitrogen and oxygen atoms in total. The van der Waals surface area contributed by atoms with Gasteiger partial charge in [-0.05, 0) is 45.1 Å². The maximum absolute atomic E-state index is 12.6. The molecule has 1 aromatic carbocycles. The van der Waals surface area contributed by atoms with Gasteiger partial charge in [-0.15, -0.1) is 0 Å². The van der Waals surface area contributed by atoms with E-state index in [1.165, 1.54) is 0 Å². The monoisotopic (exact) mass is 373 g/mol. The van der Waals surface area contributed by atoms with Crippen molar-refractivity contribution >= 4 is 17.0 Å². The van der Waals surface area contributed by atoms with Gasteiger partial charge in [0.15, 0.2) is 0 Å². The number of hydrogen-bond donors (Lipinski definition) is 0. The van der Waals surface area contributed by atoms with Crippen LogP contribution in [0.15, 0.2) is 24.4 Å². The molecule has 1 unspecified atom stereocenters. The van der Waals surface area contributed by atoms with Crippen LogP contribution in [-0.4, -0.2) is 45.6 Å². The Morgan fingerprint density at radius 3 is 2.74 bits per heavy atom. The number of benzene rings is 1. The van der Waals surface area contributed by atoms with Crippen LogP contribution in [-0.2, 0) is 11.8 Å². The van der Waals surface area contributed by atoms with Gasteiger partial charge in [0.2, 0.25) is 0 Å². The topological polar surface area (TPSA) is 56.6 Å². The smallest absolute Gasteiger partial charge is 0.410 e. The van der Waals surface area contributed by atoms with E-state index in [-0.39, 0.29) is 17.6 Å². The fourth-order valence-corrected chi connectivity index (χ4v) is 3.54. The minimum absolute atomic E-state index is 0.0828. The number of aromatic nitrogens is 2. The van der Waals surface area contributed by atoms with Gasteiger partial charge in [0, 0.05) is 25.2 Å². The Balaban J connectivity index is 1.82. The van der Waals surface area contributed by atoms with Crippen LogP contribution in [0.25, 0.3) is 10.9 Å². The maximum Gasteiger partial charge on any atom is 0.410 e. The molecule has 1 atom stereocenters. The first-order valence-electron chi connectivity index (χ1n) is 9.59. The number of aryl methyl sites for hydroxylation is 1. The quantitative estimate of drug-likeness (QED) is 0.784. The molecule has 0 spiro atoms. The molecule has 0 bridgehead atoms. The standard InChI is InChI=1S/C21H31N3O3/c1-20(2,3)27-19(25)24-11-10-21(4,5)12-16(14-24)26-17-9-7-8-15-13-23(6)22-18(15)17/h7-9,13,16H,10-12,14H2,1-6H3. The van der Waals surface area contributed by atoms with Crippen LogP contribution in [0.2, 0.25) is 0 Å². The third-order valence-electron chi connectivity index (χ3n) is 4.82. The Morgan fingerprint density at radius 2 is 2.04 bits per heavy atom. The van der Waals surface area contributed by atoms with Crippen molar-refractivity contribution in [2.45, 2.75) is 59.2 Å². The molecule has 6 heteroatoms. The van der Waals surface area contributed by atoms with Gasteiger partial charge >= 0.3 is 6.09 Å².